The number of anilines is 4. The summed E-state index contributed by atoms with van der Waals surface area (Å²) in [7, 11) is 0. The van der Waals surface area contributed by atoms with E-state index in [0.29, 0.717) is 11.5 Å². The molecule has 9 aromatic rings. The Bertz CT molecular complexity index is 3280. The summed E-state index contributed by atoms with van der Waals surface area (Å²) in [4.78, 5) is 9.52. The zero-order valence-electron chi connectivity index (χ0n) is 40.8. The zero-order chi connectivity index (χ0) is 46.9. The number of benzene rings is 7. The van der Waals surface area contributed by atoms with Crippen molar-refractivity contribution in [1.29, 1.82) is 0 Å². The summed E-state index contributed by atoms with van der Waals surface area (Å²) in [5, 5.41) is 2.22. The molecule has 10 rings (SSSR count). The maximum Gasteiger partial charge on any atom is 0.135 e. The Morgan fingerprint density at radius 1 is 0.471 bits per heavy atom. The first-order valence-corrected chi connectivity index (χ1v) is 23.4. The van der Waals surface area contributed by atoms with Crippen molar-refractivity contribution in [3.05, 3.63) is 222 Å². The second kappa shape index (κ2) is 17.6. The number of hydrogen-bond donors (Lipinski definition) is 0. The summed E-state index contributed by atoms with van der Waals surface area (Å²) in [6.45, 7) is 24.8. The summed E-state index contributed by atoms with van der Waals surface area (Å²) in [6, 6.07) is 66.2. The van der Waals surface area contributed by atoms with Crippen molar-refractivity contribution >= 4 is 44.6 Å². The predicted octanol–water partition coefficient (Wildman–Crippen LogP) is 16.2. The van der Waals surface area contributed by atoms with Gasteiger partial charge in [0, 0.05) is 66.8 Å². The van der Waals surface area contributed by atoms with Crippen molar-refractivity contribution in [1.82, 2.24) is 9.55 Å². The molecule has 0 saturated carbocycles. The molecule has 0 saturated heterocycles. The van der Waals surface area contributed by atoms with Crippen molar-refractivity contribution in [2.24, 2.45) is 0 Å². The molecule has 68 heavy (non-hydrogen) atoms. The smallest absolute Gasteiger partial charge is 0.135 e. The number of hydrogen-bond acceptors (Lipinski definition) is 4. The molecule has 1 aliphatic rings. The second-order valence-corrected chi connectivity index (χ2v) is 21.2. The molecule has 0 unspecified atom stereocenters. The Hall–Kier alpha value is -6.42. The van der Waals surface area contributed by atoms with Crippen molar-refractivity contribution in [3.63, 3.8) is 0 Å². The van der Waals surface area contributed by atoms with Crippen molar-refractivity contribution in [2.45, 2.75) is 90.9 Å². The van der Waals surface area contributed by atoms with Gasteiger partial charge in [0.05, 0.1) is 0 Å². The van der Waals surface area contributed by atoms with Crippen LogP contribution in [0.15, 0.2) is 170 Å². The average molecular weight is 1070 g/mol. The Morgan fingerprint density at radius 3 is 1.74 bits per heavy atom. The molecule has 0 N–H and O–H groups in total. The monoisotopic (exact) mass is 1070 g/mol. The fourth-order valence-corrected chi connectivity index (χ4v) is 9.49. The quantitative estimate of drug-likeness (QED) is 0.135. The van der Waals surface area contributed by atoms with Crippen molar-refractivity contribution < 1.29 is 25.8 Å². The fraction of sp³-hybridized carbons (Fsp3) is 0.226. The minimum Gasteiger partial charge on any atom is -0.509 e. The van der Waals surface area contributed by atoms with Crippen LogP contribution in [0.25, 0.3) is 27.6 Å². The normalized spacial score (nSPS) is 13.2. The van der Waals surface area contributed by atoms with Gasteiger partial charge < -0.3 is 19.1 Å². The van der Waals surface area contributed by atoms with Crippen LogP contribution in [-0.2, 0) is 42.7 Å². The number of pyridine rings is 1. The van der Waals surface area contributed by atoms with E-state index in [4.69, 9.17) is 9.72 Å². The van der Waals surface area contributed by atoms with Gasteiger partial charge in [-0.05, 0) is 91.9 Å². The van der Waals surface area contributed by atoms with E-state index < -0.39 is 0 Å². The molecular weight excluding hydrogens is 1010 g/mol. The molecule has 0 amide bonds. The van der Waals surface area contributed by atoms with E-state index in [1.165, 1.54) is 27.8 Å². The molecule has 0 aliphatic carbocycles. The fourth-order valence-electron chi connectivity index (χ4n) is 9.49. The first-order valence-electron chi connectivity index (χ1n) is 23.4. The maximum atomic E-state index is 7.01. The molecule has 7 aromatic carbocycles. The van der Waals surface area contributed by atoms with E-state index in [0.717, 1.165) is 55.9 Å². The third-order valence-electron chi connectivity index (χ3n) is 13.9. The Kier molecular flexibility index (Phi) is 12.1. The molecule has 1 aliphatic heterocycles. The van der Waals surface area contributed by atoms with Crippen LogP contribution in [0.5, 0.6) is 11.5 Å². The molecule has 5 nitrogen and oxygen atoms in total. The summed E-state index contributed by atoms with van der Waals surface area (Å²) >= 11 is 0. The van der Waals surface area contributed by atoms with Crippen LogP contribution in [0.4, 0.5) is 22.7 Å². The molecule has 0 fully saturated rings. The van der Waals surface area contributed by atoms with Gasteiger partial charge in [-0.25, -0.2) is 4.98 Å². The van der Waals surface area contributed by atoms with Gasteiger partial charge in [0.15, 0.2) is 0 Å². The molecule has 6 heteroatoms. The summed E-state index contributed by atoms with van der Waals surface area (Å²) < 4.78 is 9.26. The van der Waals surface area contributed by atoms with E-state index in [1.54, 1.807) is 0 Å². The molecule has 0 spiro atoms. The van der Waals surface area contributed by atoms with Gasteiger partial charge >= 0.3 is 0 Å². The maximum absolute atomic E-state index is 7.01. The molecule has 0 radical (unpaired) electrons. The van der Waals surface area contributed by atoms with Crippen LogP contribution >= 0.6 is 0 Å². The number of para-hydroxylation sites is 2. The van der Waals surface area contributed by atoms with E-state index >= 15 is 0 Å². The summed E-state index contributed by atoms with van der Waals surface area (Å²) in [5.41, 5.74) is 12.8. The molecule has 3 heterocycles. The number of fused-ring (bicyclic) bond motifs is 4. The van der Waals surface area contributed by atoms with Gasteiger partial charge in [-0.15, -0.1) is 53.6 Å². The van der Waals surface area contributed by atoms with Gasteiger partial charge in [0.25, 0.3) is 0 Å². The number of nitrogens with zero attached hydrogens (tertiary/aromatic N) is 4. The number of aromatic nitrogens is 2. The van der Waals surface area contributed by atoms with E-state index in [9.17, 15) is 0 Å². The van der Waals surface area contributed by atoms with E-state index in [2.05, 4.69) is 260 Å². The van der Waals surface area contributed by atoms with Crippen LogP contribution in [0.3, 0.4) is 0 Å². The summed E-state index contributed by atoms with van der Waals surface area (Å²) in [5.74, 6) is 2.04. The molecular formula is C62H59N4OPt-3. The minimum absolute atomic E-state index is 0. The SMILES string of the molecule is CC(C)(C)c1cccc(N2[CH-]N(c3[c-]c(Oc4[c-]c5c(cc4)c4cc(C(C)(C)c6ccccc6)ccc4n5-c4cc(C(C)(C)C)ccn4)cc(C(C)(C)c4ccccc4)c3)c3ccccc32)c1.[Pt]. The van der Waals surface area contributed by atoms with E-state index in [1.807, 2.05) is 12.3 Å². The number of rotatable bonds is 9. The van der Waals surface area contributed by atoms with Gasteiger partial charge in [0.1, 0.15) is 5.82 Å². The average Bonchev–Trinajstić information content (AvgIpc) is 3.87. The largest absolute Gasteiger partial charge is 0.509 e. The molecule has 0 atom stereocenters. The van der Waals surface area contributed by atoms with Gasteiger partial charge in [-0.2, -0.15) is 6.07 Å². The van der Waals surface area contributed by atoms with Gasteiger partial charge in [-0.3, -0.25) is 0 Å². The van der Waals surface area contributed by atoms with Crippen LogP contribution in [-0.4, -0.2) is 9.55 Å². The standard InChI is InChI=1S/C62H59N4O.Pt/c1-59(2,3)44-24-19-25-48(34-44)64-41-65(56-27-18-17-26-55(56)64)49-35-47(62(9,10)43-22-15-12-16-23-43)36-51(39-49)67-50-29-30-52-53-37-46(61(7,8)42-20-13-11-14-21-42)28-31-54(53)66(57(52)40-50)58-38-45(32-33-63-58)60(4,5)6;/h11-38,41H,1-10H3;/q-3;. The zero-order valence-corrected chi connectivity index (χ0v) is 43.0. The Balaban J connectivity index is 0.00000578. The van der Waals surface area contributed by atoms with Crippen LogP contribution in [0.1, 0.15) is 103 Å². The van der Waals surface area contributed by atoms with Gasteiger partial charge in [0.2, 0.25) is 0 Å². The van der Waals surface area contributed by atoms with Gasteiger partial charge in [-0.1, -0.05) is 172 Å². The first-order chi connectivity index (χ1) is 32.0. The van der Waals surface area contributed by atoms with Crippen LogP contribution in [0, 0.1) is 18.8 Å². The second-order valence-electron chi connectivity index (χ2n) is 21.2. The Labute approximate surface area is 417 Å². The van der Waals surface area contributed by atoms with Crippen LogP contribution < -0.4 is 14.5 Å². The molecule has 346 valence electrons. The molecule has 0 bridgehead atoms. The van der Waals surface area contributed by atoms with E-state index in [-0.39, 0.29) is 42.7 Å². The summed E-state index contributed by atoms with van der Waals surface area (Å²) in [6.07, 6.45) is 1.92. The molecule has 2 aromatic heterocycles. The topological polar surface area (TPSA) is 33.5 Å². The third-order valence-corrected chi connectivity index (χ3v) is 13.9. The number of ether oxygens (including phenoxy) is 1. The predicted molar refractivity (Wildman–Crippen MR) is 279 cm³/mol. The Morgan fingerprint density at radius 2 is 1.07 bits per heavy atom. The first kappa shape index (κ1) is 46.7. The van der Waals surface area contributed by atoms with Crippen molar-refractivity contribution in [3.8, 4) is 17.3 Å². The minimum atomic E-state index is -0.363. The third kappa shape index (κ3) is 8.56. The van der Waals surface area contributed by atoms with Crippen molar-refractivity contribution in [2.75, 3.05) is 9.80 Å². The van der Waals surface area contributed by atoms with Crippen LogP contribution in [0.2, 0.25) is 0 Å².